The van der Waals surface area contributed by atoms with Crippen LogP contribution in [0.25, 0.3) is 0 Å². The van der Waals surface area contributed by atoms with Crippen molar-refractivity contribution in [2.24, 2.45) is 4.99 Å². The van der Waals surface area contributed by atoms with Gasteiger partial charge in [-0.2, -0.15) is 0 Å². The Morgan fingerprint density at radius 1 is 1.20 bits per heavy atom. The van der Waals surface area contributed by atoms with E-state index in [4.69, 9.17) is 4.74 Å². The van der Waals surface area contributed by atoms with Gasteiger partial charge in [-0.15, -0.1) is 11.8 Å². The van der Waals surface area contributed by atoms with E-state index in [-0.39, 0.29) is 0 Å². The molecule has 0 fully saturated rings. The van der Waals surface area contributed by atoms with Crippen LogP contribution in [0.1, 0.15) is 19.4 Å². The van der Waals surface area contributed by atoms with E-state index in [9.17, 15) is 0 Å². The largest absolute Gasteiger partial charge is 0.481 e. The summed E-state index contributed by atoms with van der Waals surface area (Å²) < 4.78 is 5.28. The number of ether oxygens (including phenoxy) is 1. The fraction of sp³-hybridized carbons (Fsp3) is 0.368. The molecule has 0 radical (unpaired) electrons. The van der Waals surface area contributed by atoms with Crippen LogP contribution in [0.3, 0.4) is 0 Å². The lowest BCUT2D eigenvalue weighted by Crippen LogP contribution is -2.40. The first-order valence-corrected chi connectivity index (χ1v) is 9.32. The van der Waals surface area contributed by atoms with Gasteiger partial charge in [0.05, 0.1) is 13.7 Å². The average molecular weight is 359 g/mol. The number of thioether (sulfide) groups is 1. The van der Waals surface area contributed by atoms with E-state index in [1.54, 1.807) is 13.3 Å². The van der Waals surface area contributed by atoms with Crippen LogP contribution in [0.4, 0.5) is 0 Å². The zero-order chi connectivity index (χ0) is 17.9. The number of guanidine groups is 1. The minimum absolute atomic E-state index is 0.430. The Balaban J connectivity index is 1.91. The van der Waals surface area contributed by atoms with E-state index in [1.807, 2.05) is 30.0 Å². The summed E-state index contributed by atoms with van der Waals surface area (Å²) in [4.78, 5) is 10.1. The minimum Gasteiger partial charge on any atom is -0.481 e. The third-order valence-corrected chi connectivity index (χ3v) is 4.55. The summed E-state index contributed by atoms with van der Waals surface area (Å²) in [5.41, 5.74) is 0.967. The molecule has 0 amide bonds. The molecule has 5 nitrogen and oxygen atoms in total. The second-order valence-corrected chi connectivity index (χ2v) is 7.00. The molecule has 6 heteroatoms. The molecule has 1 heterocycles. The van der Waals surface area contributed by atoms with E-state index in [0.717, 1.165) is 24.6 Å². The topological polar surface area (TPSA) is 58.5 Å². The van der Waals surface area contributed by atoms with Crippen LogP contribution < -0.4 is 15.4 Å². The van der Waals surface area contributed by atoms with Crippen LogP contribution >= 0.6 is 11.8 Å². The van der Waals surface area contributed by atoms with Crippen molar-refractivity contribution in [3.63, 3.8) is 0 Å². The van der Waals surface area contributed by atoms with Crippen LogP contribution in [0.5, 0.6) is 5.88 Å². The number of rotatable bonds is 8. The maximum atomic E-state index is 5.28. The van der Waals surface area contributed by atoms with Gasteiger partial charge in [0.15, 0.2) is 5.96 Å². The first-order chi connectivity index (χ1) is 12.2. The molecular formula is C19H26N4OS. The van der Waals surface area contributed by atoms with Gasteiger partial charge in [-0.1, -0.05) is 31.2 Å². The molecule has 134 valence electrons. The van der Waals surface area contributed by atoms with Gasteiger partial charge < -0.3 is 15.4 Å². The molecule has 0 aliphatic rings. The SMILES string of the molecule is CCNC(=NCc1cccnc1OC)NCC(C)Sc1ccccc1. The van der Waals surface area contributed by atoms with E-state index in [0.29, 0.717) is 17.7 Å². The normalized spacial score (nSPS) is 12.5. The number of nitrogens with zero attached hydrogens (tertiary/aromatic N) is 2. The lowest BCUT2D eigenvalue weighted by atomic mass is 10.3. The Morgan fingerprint density at radius 2 is 2.00 bits per heavy atom. The van der Waals surface area contributed by atoms with E-state index in [1.165, 1.54) is 4.90 Å². The number of pyridine rings is 1. The van der Waals surface area contributed by atoms with Gasteiger partial charge in [-0.3, -0.25) is 0 Å². The fourth-order valence-electron chi connectivity index (χ4n) is 2.25. The molecule has 0 aliphatic carbocycles. The summed E-state index contributed by atoms with van der Waals surface area (Å²) >= 11 is 1.85. The standard InChI is InChI=1S/C19H26N4OS/c1-4-20-19(23-14-16-9-8-12-21-18(16)24-3)22-13-15(2)25-17-10-6-5-7-11-17/h5-12,15H,4,13-14H2,1-3H3,(H2,20,22,23). The maximum absolute atomic E-state index is 5.28. The Kier molecular flexibility index (Phi) is 8.12. The van der Waals surface area contributed by atoms with Gasteiger partial charge in [0, 0.05) is 35.0 Å². The molecule has 1 aromatic carbocycles. The molecule has 0 saturated heterocycles. The van der Waals surface area contributed by atoms with Crippen LogP contribution in [-0.2, 0) is 6.54 Å². The molecule has 1 atom stereocenters. The Hall–Kier alpha value is -2.21. The smallest absolute Gasteiger partial charge is 0.218 e. The van der Waals surface area contributed by atoms with Crippen molar-refractivity contribution >= 4 is 17.7 Å². The Morgan fingerprint density at radius 3 is 2.72 bits per heavy atom. The first kappa shape index (κ1) is 19.1. The van der Waals surface area contributed by atoms with Crippen LogP contribution in [0.15, 0.2) is 58.5 Å². The number of aliphatic imine (C=N–C) groups is 1. The van der Waals surface area contributed by atoms with Gasteiger partial charge in [0.25, 0.3) is 0 Å². The number of nitrogens with one attached hydrogen (secondary N) is 2. The van der Waals surface area contributed by atoms with E-state index in [2.05, 4.69) is 58.7 Å². The summed E-state index contributed by atoms with van der Waals surface area (Å²) in [5, 5.41) is 7.11. The minimum atomic E-state index is 0.430. The number of hydrogen-bond donors (Lipinski definition) is 2. The Labute approximate surface area is 154 Å². The highest BCUT2D eigenvalue weighted by molar-refractivity contribution is 8.00. The van der Waals surface area contributed by atoms with Gasteiger partial charge in [0.2, 0.25) is 5.88 Å². The summed E-state index contributed by atoms with van der Waals surface area (Å²) in [6, 6.07) is 14.3. The van der Waals surface area contributed by atoms with Crippen molar-refractivity contribution in [1.82, 2.24) is 15.6 Å². The van der Waals surface area contributed by atoms with Crippen molar-refractivity contribution in [1.29, 1.82) is 0 Å². The highest BCUT2D eigenvalue weighted by atomic mass is 32.2. The summed E-state index contributed by atoms with van der Waals surface area (Å²) in [6.07, 6.45) is 1.72. The molecule has 1 aromatic heterocycles. The van der Waals surface area contributed by atoms with Gasteiger partial charge >= 0.3 is 0 Å². The summed E-state index contributed by atoms with van der Waals surface area (Å²) in [5.74, 6) is 1.42. The quantitative estimate of drug-likeness (QED) is 0.431. The molecule has 2 N–H and O–H groups in total. The molecule has 0 aliphatic heterocycles. The molecule has 2 rings (SSSR count). The number of aromatic nitrogens is 1. The zero-order valence-electron chi connectivity index (χ0n) is 15.0. The lowest BCUT2D eigenvalue weighted by molar-refractivity contribution is 0.392. The highest BCUT2D eigenvalue weighted by Crippen LogP contribution is 2.21. The van der Waals surface area contributed by atoms with E-state index < -0.39 is 0 Å². The van der Waals surface area contributed by atoms with E-state index >= 15 is 0 Å². The number of benzene rings is 1. The summed E-state index contributed by atoms with van der Waals surface area (Å²) in [7, 11) is 1.63. The van der Waals surface area contributed by atoms with Crippen molar-refractivity contribution in [3.05, 3.63) is 54.2 Å². The van der Waals surface area contributed by atoms with Gasteiger partial charge in [-0.05, 0) is 25.1 Å². The third kappa shape index (κ3) is 6.66. The maximum Gasteiger partial charge on any atom is 0.218 e. The van der Waals surface area contributed by atoms with Gasteiger partial charge in [-0.25, -0.2) is 9.98 Å². The zero-order valence-corrected chi connectivity index (χ0v) is 15.8. The number of hydrogen-bond acceptors (Lipinski definition) is 4. The Bertz CT molecular complexity index is 663. The molecule has 0 bridgehead atoms. The average Bonchev–Trinajstić information content (AvgIpc) is 2.65. The third-order valence-electron chi connectivity index (χ3n) is 3.43. The van der Waals surface area contributed by atoms with Crippen LogP contribution in [-0.4, -0.2) is 36.4 Å². The van der Waals surface area contributed by atoms with Crippen LogP contribution in [0, 0.1) is 0 Å². The highest BCUT2D eigenvalue weighted by Gasteiger charge is 2.07. The fourth-order valence-corrected chi connectivity index (χ4v) is 3.19. The molecule has 0 saturated carbocycles. The van der Waals surface area contributed by atoms with Crippen molar-refractivity contribution in [2.45, 2.75) is 30.5 Å². The van der Waals surface area contributed by atoms with Crippen molar-refractivity contribution < 1.29 is 4.74 Å². The molecule has 25 heavy (non-hydrogen) atoms. The monoisotopic (exact) mass is 358 g/mol. The summed E-state index contributed by atoms with van der Waals surface area (Å²) in [6.45, 7) is 6.43. The second-order valence-electron chi connectivity index (χ2n) is 5.49. The molecule has 0 spiro atoms. The first-order valence-electron chi connectivity index (χ1n) is 8.44. The lowest BCUT2D eigenvalue weighted by Gasteiger charge is -2.16. The molecular weight excluding hydrogens is 332 g/mol. The van der Waals surface area contributed by atoms with Crippen LogP contribution in [0.2, 0.25) is 0 Å². The molecule has 2 aromatic rings. The van der Waals surface area contributed by atoms with Crippen molar-refractivity contribution in [3.8, 4) is 5.88 Å². The van der Waals surface area contributed by atoms with Gasteiger partial charge in [0.1, 0.15) is 0 Å². The predicted molar refractivity (Wildman–Crippen MR) is 105 cm³/mol. The predicted octanol–water partition coefficient (Wildman–Crippen LogP) is 3.33. The molecule has 1 unspecified atom stereocenters. The van der Waals surface area contributed by atoms with Crippen molar-refractivity contribution in [2.75, 3.05) is 20.2 Å². The number of methoxy groups -OCH3 is 1. The second kappa shape index (κ2) is 10.6.